The maximum Gasteiger partial charge on any atom is 0.251 e. The van der Waals surface area contributed by atoms with Crippen LogP contribution in [0.4, 0.5) is 0 Å². The summed E-state index contributed by atoms with van der Waals surface area (Å²) < 4.78 is 17.1. The van der Waals surface area contributed by atoms with Crippen LogP contribution in [0.3, 0.4) is 0 Å². The molecule has 1 fully saturated rings. The van der Waals surface area contributed by atoms with E-state index in [0.29, 0.717) is 37.9 Å². The molecule has 7 nitrogen and oxygen atoms in total. The van der Waals surface area contributed by atoms with Crippen LogP contribution in [-0.2, 0) is 11.3 Å². The van der Waals surface area contributed by atoms with Crippen LogP contribution in [-0.4, -0.2) is 47.8 Å². The van der Waals surface area contributed by atoms with Crippen LogP contribution < -0.4 is 15.0 Å². The Kier molecular flexibility index (Phi) is 4.42. The first kappa shape index (κ1) is 16.1. The summed E-state index contributed by atoms with van der Waals surface area (Å²) in [5.74, 6) is 2.22. The van der Waals surface area contributed by atoms with Gasteiger partial charge < -0.3 is 19.2 Å². The Morgan fingerprint density at radius 3 is 2.88 bits per heavy atom. The molecule has 4 rings (SSSR count). The summed E-state index contributed by atoms with van der Waals surface area (Å²) in [4.78, 5) is 21.1. The first-order chi connectivity index (χ1) is 12.2. The minimum absolute atomic E-state index is 0.143. The summed E-state index contributed by atoms with van der Waals surface area (Å²) in [6.07, 6.45) is -0.188. The number of H-pyrrole nitrogens is 1. The van der Waals surface area contributed by atoms with Crippen LogP contribution in [0.2, 0.25) is 0 Å². The van der Waals surface area contributed by atoms with Crippen molar-refractivity contribution in [2.24, 2.45) is 0 Å². The Balaban J connectivity index is 1.47. The van der Waals surface area contributed by atoms with Gasteiger partial charge in [0.1, 0.15) is 25.1 Å². The van der Waals surface area contributed by atoms with Gasteiger partial charge >= 0.3 is 0 Å². The molecule has 1 atom stereocenters. The number of ether oxygens (including phenoxy) is 3. The highest BCUT2D eigenvalue weighted by molar-refractivity contribution is 5.43. The van der Waals surface area contributed by atoms with Crippen LogP contribution in [0, 0.1) is 6.92 Å². The highest BCUT2D eigenvalue weighted by Gasteiger charge is 2.24. The lowest BCUT2D eigenvalue weighted by molar-refractivity contribution is -0.0352. The molecule has 132 valence electrons. The molecule has 1 aromatic heterocycles. The van der Waals surface area contributed by atoms with Crippen LogP contribution in [0.1, 0.15) is 23.2 Å². The number of aromatic amines is 1. The Morgan fingerprint density at radius 2 is 2.04 bits per heavy atom. The summed E-state index contributed by atoms with van der Waals surface area (Å²) in [6, 6.07) is 7.58. The summed E-state index contributed by atoms with van der Waals surface area (Å²) >= 11 is 0. The van der Waals surface area contributed by atoms with Crippen molar-refractivity contribution in [3.05, 3.63) is 51.7 Å². The predicted octanol–water partition coefficient (Wildman–Crippen LogP) is 1.42. The number of hydrogen-bond donors (Lipinski definition) is 1. The standard InChI is InChI=1S/C18H21N3O4/c1-12-19-14(9-18(22)20-12)17-11-21(4-5-23-17)10-13-2-3-15-16(8-13)25-7-6-24-15/h2-3,8-9,17H,4-7,10-11H2,1H3,(H,19,20,22)/t17-/m1/s1. The third-order valence-corrected chi connectivity index (χ3v) is 4.37. The van der Waals surface area contributed by atoms with Gasteiger partial charge in [-0.2, -0.15) is 0 Å². The molecule has 0 amide bonds. The minimum atomic E-state index is -0.188. The number of benzene rings is 1. The van der Waals surface area contributed by atoms with E-state index in [2.05, 4.69) is 20.9 Å². The molecule has 0 bridgehead atoms. The van der Waals surface area contributed by atoms with E-state index in [4.69, 9.17) is 14.2 Å². The molecule has 1 aromatic carbocycles. The molecule has 0 spiro atoms. The van der Waals surface area contributed by atoms with Crippen molar-refractivity contribution in [3.8, 4) is 11.5 Å². The van der Waals surface area contributed by atoms with Gasteiger partial charge in [-0.25, -0.2) is 4.98 Å². The lowest BCUT2D eigenvalue weighted by Crippen LogP contribution is -2.38. The van der Waals surface area contributed by atoms with E-state index in [-0.39, 0.29) is 11.7 Å². The Labute approximate surface area is 145 Å². The molecule has 0 radical (unpaired) electrons. The highest BCUT2D eigenvalue weighted by atomic mass is 16.6. The zero-order valence-electron chi connectivity index (χ0n) is 14.2. The number of aryl methyl sites for hydroxylation is 1. The van der Waals surface area contributed by atoms with E-state index in [1.54, 1.807) is 6.92 Å². The zero-order valence-corrected chi connectivity index (χ0v) is 14.2. The van der Waals surface area contributed by atoms with Gasteiger partial charge in [0, 0.05) is 25.7 Å². The summed E-state index contributed by atoms with van der Waals surface area (Å²) in [5, 5.41) is 0. The minimum Gasteiger partial charge on any atom is -0.486 e. The molecule has 0 aliphatic carbocycles. The maximum absolute atomic E-state index is 11.7. The number of hydrogen-bond acceptors (Lipinski definition) is 6. The third-order valence-electron chi connectivity index (χ3n) is 4.37. The first-order valence-electron chi connectivity index (χ1n) is 8.48. The number of morpholine rings is 1. The maximum atomic E-state index is 11.7. The van der Waals surface area contributed by atoms with Gasteiger partial charge in [0.25, 0.3) is 5.56 Å². The number of aromatic nitrogens is 2. The average Bonchev–Trinajstić information content (AvgIpc) is 2.61. The second kappa shape index (κ2) is 6.85. The van der Waals surface area contributed by atoms with Crippen LogP contribution in [0.5, 0.6) is 11.5 Å². The van der Waals surface area contributed by atoms with Crippen molar-refractivity contribution < 1.29 is 14.2 Å². The van der Waals surface area contributed by atoms with E-state index in [9.17, 15) is 4.79 Å². The fourth-order valence-electron chi connectivity index (χ4n) is 3.24. The van der Waals surface area contributed by atoms with Crippen LogP contribution in [0.15, 0.2) is 29.1 Å². The predicted molar refractivity (Wildman–Crippen MR) is 91.0 cm³/mol. The molecular formula is C18H21N3O4. The van der Waals surface area contributed by atoms with Gasteiger partial charge in [-0.3, -0.25) is 9.69 Å². The van der Waals surface area contributed by atoms with Gasteiger partial charge in [0.2, 0.25) is 0 Å². The number of nitrogens with zero attached hydrogens (tertiary/aromatic N) is 2. The van der Waals surface area contributed by atoms with Gasteiger partial charge in [-0.15, -0.1) is 0 Å². The van der Waals surface area contributed by atoms with E-state index in [0.717, 1.165) is 24.6 Å². The Hall–Kier alpha value is -2.38. The Morgan fingerprint density at radius 1 is 1.20 bits per heavy atom. The molecule has 0 unspecified atom stereocenters. The van der Waals surface area contributed by atoms with Crippen molar-refractivity contribution in [3.63, 3.8) is 0 Å². The van der Waals surface area contributed by atoms with Gasteiger partial charge in [-0.1, -0.05) is 6.07 Å². The van der Waals surface area contributed by atoms with Crippen LogP contribution >= 0.6 is 0 Å². The van der Waals surface area contributed by atoms with Gasteiger partial charge in [-0.05, 0) is 24.6 Å². The zero-order chi connectivity index (χ0) is 17.2. The normalized spacial score (nSPS) is 20.4. The molecule has 7 heteroatoms. The molecule has 25 heavy (non-hydrogen) atoms. The highest BCUT2D eigenvalue weighted by Crippen LogP contribution is 2.31. The molecular weight excluding hydrogens is 322 g/mol. The SMILES string of the molecule is Cc1nc([C@H]2CN(Cc3ccc4c(c3)OCCO4)CCO2)cc(=O)[nH]1. The lowest BCUT2D eigenvalue weighted by Gasteiger charge is -2.32. The van der Waals surface area contributed by atoms with E-state index >= 15 is 0 Å². The summed E-state index contributed by atoms with van der Waals surface area (Å²) in [6.45, 7) is 5.91. The molecule has 2 aromatic rings. The van der Waals surface area contributed by atoms with Crippen molar-refractivity contribution >= 4 is 0 Å². The van der Waals surface area contributed by atoms with E-state index < -0.39 is 0 Å². The van der Waals surface area contributed by atoms with Crippen molar-refractivity contribution in [1.82, 2.24) is 14.9 Å². The van der Waals surface area contributed by atoms with Crippen molar-refractivity contribution in [1.29, 1.82) is 0 Å². The van der Waals surface area contributed by atoms with Gasteiger partial charge in [0.15, 0.2) is 11.5 Å². The fraction of sp³-hybridized carbons (Fsp3) is 0.444. The number of fused-ring (bicyclic) bond motifs is 1. The molecule has 1 saturated heterocycles. The van der Waals surface area contributed by atoms with Gasteiger partial charge in [0.05, 0.1) is 12.3 Å². The molecule has 0 saturated carbocycles. The molecule has 1 N–H and O–H groups in total. The molecule has 3 heterocycles. The van der Waals surface area contributed by atoms with Crippen LogP contribution in [0.25, 0.3) is 0 Å². The van der Waals surface area contributed by atoms with Crippen molar-refractivity contribution in [2.75, 3.05) is 32.9 Å². The second-order valence-corrected chi connectivity index (χ2v) is 6.33. The molecule has 2 aliphatic rings. The lowest BCUT2D eigenvalue weighted by atomic mass is 10.1. The fourth-order valence-corrected chi connectivity index (χ4v) is 3.24. The number of rotatable bonds is 3. The van der Waals surface area contributed by atoms with E-state index in [1.807, 2.05) is 12.1 Å². The third kappa shape index (κ3) is 3.67. The largest absolute Gasteiger partial charge is 0.486 e. The van der Waals surface area contributed by atoms with E-state index in [1.165, 1.54) is 11.6 Å². The summed E-state index contributed by atoms with van der Waals surface area (Å²) in [7, 11) is 0. The second-order valence-electron chi connectivity index (χ2n) is 6.33. The average molecular weight is 343 g/mol. The smallest absolute Gasteiger partial charge is 0.251 e. The number of nitrogens with one attached hydrogen (secondary N) is 1. The first-order valence-corrected chi connectivity index (χ1v) is 8.48. The quantitative estimate of drug-likeness (QED) is 0.908. The summed E-state index contributed by atoms with van der Waals surface area (Å²) in [5.41, 5.74) is 1.71. The molecule has 2 aliphatic heterocycles. The monoisotopic (exact) mass is 343 g/mol. The topological polar surface area (TPSA) is 76.7 Å². The Bertz CT molecular complexity index is 820. The van der Waals surface area contributed by atoms with Crippen molar-refractivity contribution in [2.45, 2.75) is 19.6 Å².